The van der Waals surface area contributed by atoms with E-state index in [0.29, 0.717) is 6.54 Å². The Kier molecular flexibility index (Phi) is 6.26. The van der Waals surface area contributed by atoms with Gasteiger partial charge in [-0.05, 0) is 23.8 Å². The van der Waals surface area contributed by atoms with E-state index in [1.165, 1.54) is 4.90 Å². The molecule has 0 radical (unpaired) electrons. The van der Waals surface area contributed by atoms with Crippen LogP contribution < -0.4 is 5.32 Å². The van der Waals surface area contributed by atoms with Crippen molar-refractivity contribution in [2.24, 2.45) is 0 Å². The fourth-order valence-corrected chi connectivity index (χ4v) is 2.37. The van der Waals surface area contributed by atoms with Gasteiger partial charge in [-0.2, -0.15) is 13.2 Å². The second kappa shape index (κ2) is 8.23. The molecule has 8 heteroatoms. The molecule has 2 amide bonds. The van der Waals surface area contributed by atoms with E-state index in [0.717, 1.165) is 23.8 Å². The van der Waals surface area contributed by atoms with Gasteiger partial charge in [0.2, 0.25) is 11.8 Å². The molecular weight excluding hydrogens is 369 g/mol. The summed E-state index contributed by atoms with van der Waals surface area (Å²) < 4.78 is 38.2. The summed E-state index contributed by atoms with van der Waals surface area (Å²) in [4.78, 5) is 25.5. The summed E-state index contributed by atoms with van der Waals surface area (Å²) in [7, 11) is 1.54. The standard InChI is InChI=1S/C18H16ClF3N2O2/c1-24(11-12-5-3-2-4-6-12)17(26)10-16(25)23-15-9-13(18(20,21)22)7-8-14(15)19/h2-9H,10-11H2,1H3,(H,23,25). The Labute approximate surface area is 153 Å². The number of hydrogen-bond acceptors (Lipinski definition) is 2. The molecule has 0 atom stereocenters. The van der Waals surface area contributed by atoms with Gasteiger partial charge in [0.25, 0.3) is 0 Å². The molecule has 2 aromatic carbocycles. The molecule has 0 unspecified atom stereocenters. The van der Waals surface area contributed by atoms with Crippen molar-refractivity contribution in [1.29, 1.82) is 0 Å². The molecule has 26 heavy (non-hydrogen) atoms. The Morgan fingerprint density at radius 1 is 1.12 bits per heavy atom. The van der Waals surface area contributed by atoms with E-state index >= 15 is 0 Å². The Hall–Kier alpha value is -2.54. The topological polar surface area (TPSA) is 49.4 Å². The molecule has 0 saturated heterocycles. The van der Waals surface area contributed by atoms with E-state index in [2.05, 4.69) is 5.32 Å². The Morgan fingerprint density at radius 2 is 1.77 bits per heavy atom. The SMILES string of the molecule is CN(Cc1ccccc1)C(=O)CC(=O)Nc1cc(C(F)(F)F)ccc1Cl. The summed E-state index contributed by atoms with van der Waals surface area (Å²) in [5, 5.41) is 2.21. The number of carbonyl (C=O) groups is 2. The molecule has 4 nitrogen and oxygen atoms in total. The number of alkyl halides is 3. The normalized spacial score (nSPS) is 11.1. The van der Waals surface area contributed by atoms with Gasteiger partial charge in [0.1, 0.15) is 6.42 Å². The average Bonchev–Trinajstić information content (AvgIpc) is 2.56. The quantitative estimate of drug-likeness (QED) is 0.779. The monoisotopic (exact) mass is 384 g/mol. The second-order valence-corrected chi connectivity index (χ2v) is 6.06. The molecule has 0 aliphatic heterocycles. The van der Waals surface area contributed by atoms with Crippen molar-refractivity contribution in [2.75, 3.05) is 12.4 Å². The minimum absolute atomic E-state index is 0.0450. The summed E-state index contributed by atoms with van der Waals surface area (Å²) in [6, 6.07) is 11.8. The highest BCUT2D eigenvalue weighted by Gasteiger charge is 2.31. The van der Waals surface area contributed by atoms with Crippen LogP contribution in [0.1, 0.15) is 17.5 Å². The van der Waals surface area contributed by atoms with Gasteiger partial charge >= 0.3 is 6.18 Å². The third kappa shape index (κ3) is 5.49. The lowest BCUT2D eigenvalue weighted by atomic mass is 10.2. The summed E-state index contributed by atoms with van der Waals surface area (Å²) in [6.07, 6.45) is -5.06. The van der Waals surface area contributed by atoms with Gasteiger partial charge in [-0.1, -0.05) is 41.9 Å². The largest absolute Gasteiger partial charge is 0.416 e. The first-order chi connectivity index (χ1) is 12.2. The van der Waals surface area contributed by atoms with E-state index in [9.17, 15) is 22.8 Å². The first-order valence-corrected chi connectivity index (χ1v) is 7.99. The third-order valence-electron chi connectivity index (χ3n) is 3.57. The third-order valence-corrected chi connectivity index (χ3v) is 3.90. The van der Waals surface area contributed by atoms with E-state index < -0.39 is 30.0 Å². The van der Waals surface area contributed by atoms with Gasteiger partial charge in [-0.15, -0.1) is 0 Å². The van der Waals surface area contributed by atoms with Gasteiger partial charge in [-0.3, -0.25) is 9.59 Å². The maximum atomic E-state index is 12.7. The van der Waals surface area contributed by atoms with E-state index in [4.69, 9.17) is 11.6 Å². The first kappa shape index (κ1) is 19.8. The fourth-order valence-electron chi connectivity index (χ4n) is 2.21. The molecule has 0 fully saturated rings. The molecule has 0 aromatic heterocycles. The van der Waals surface area contributed by atoms with Gasteiger partial charge in [-0.25, -0.2) is 0 Å². The van der Waals surface area contributed by atoms with Crippen LogP contribution in [0, 0.1) is 0 Å². The summed E-state index contributed by atoms with van der Waals surface area (Å²) in [5.74, 6) is -1.20. The first-order valence-electron chi connectivity index (χ1n) is 7.61. The van der Waals surface area contributed by atoms with Gasteiger partial charge in [0.15, 0.2) is 0 Å². The zero-order valence-electron chi connectivity index (χ0n) is 13.8. The van der Waals surface area contributed by atoms with Crippen LogP contribution in [-0.2, 0) is 22.3 Å². The number of rotatable bonds is 5. The lowest BCUT2D eigenvalue weighted by molar-refractivity contribution is -0.138. The molecule has 138 valence electrons. The number of halogens is 4. The number of amides is 2. The Balaban J connectivity index is 1.99. The predicted molar refractivity (Wildman–Crippen MR) is 92.6 cm³/mol. The smallest absolute Gasteiger partial charge is 0.341 e. The average molecular weight is 385 g/mol. The fraction of sp³-hybridized carbons (Fsp3) is 0.222. The Morgan fingerprint density at radius 3 is 2.38 bits per heavy atom. The van der Waals surface area contributed by atoms with Gasteiger partial charge in [0, 0.05) is 13.6 Å². The van der Waals surface area contributed by atoms with E-state index in [-0.39, 0.29) is 10.7 Å². The molecular formula is C18H16ClF3N2O2. The highest BCUT2D eigenvalue weighted by atomic mass is 35.5. The summed E-state index contributed by atoms with van der Waals surface area (Å²) >= 11 is 5.82. The van der Waals surface area contributed by atoms with Crippen molar-refractivity contribution < 1.29 is 22.8 Å². The Bertz CT molecular complexity index is 795. The van der Waals surface area contributed by atoms with Crippen LogP contribution in [0.3, 0.4) is 0 Å². The number of nitrogens with zero attached hydrogens (tertiary/aromatic N) is 1. The van der Waals surface area contributed by atoms with Crippen LogP contribution >= 0.6 is 11.6 Å². The zero-order valence-corrected chi connectivity index (χ0v) is 14.6. The van der Waals surface area contributed by atoms with Crippen LogP contribution in [-0.4, -0.2) is 23.8 Å². The van der Waals surface area contributed by atoms with Gasteiger partial charge < -0.3 is 10.2 Å². The summed E-state index contributed by atoms with van der Waals surface area (Å²) in [6.45, 7) is 0.317. The molecule has 2 aromatic rings. The molecule has 0 heterocycles. The molecule has 0 bridgehead atoms. The molecule has 0 spiro atoms. The van der Waals surface area contributed by atoms with E-state index in [1.54, 1.807) is 7.05 Å². The van der Waals surface area contributed by atoms with Crippen LogP contribution in [0.2, 0.25) is 5.02 Å². The lowest BCUT2D eigenvalue weighted by Crippen LogP contribution is -2.30. The second-order valence-electron chi connectivity index (χ2n) is 5.65. The van der Waals surface area contributed by atoms with Crippen molar-refractivity contribution in [1.82, 2.24) is 4.90 Å². The molecule has 2 rings (SSSR count). The van der Waals surface area contributed by atoms with Crippen LogP contribution in [0.25, 0.3) is 0 Å². The van der Waals surface area contributed by atoms with Crippen LogP contribution in [0.15, 0.2) is 48.5 Å². The van der Waals surface area contributed by atoms with Crippen LogP contribution in [0.4, 0.5) is 18.9 Å². The van der Waals surface area contributed by atoms with Crippen molar-refractivity contribution in [2.45, 2.75) is 19.1 Å². The number of hydrogen-bond donors (Lipinski definition) is 1. The zero-order chi connectivity index (χ0) is 19.3. The van der Waals surface area contributed by atoms with Gasteiger partial charge in [0.05, 0.1) is 16.3 Å². The van der Waals surface area contributed by atoms with E-state index in [1.807, 2.05) is 30.3 Å². The van der Waals surface area contributed by atoms with Crippen molar-refractivity contribution in [3.63, 3.8) is 0 Å². The van der Waals surface area contributed by atoms with Crippen molar-refractivity contribution >= 4 is 29.1 Å². The molecule has 0 aliphatic carbocycles. The molecule has 1 N–H and O–H groups in total. The number of nitrogens with one attached hydrogen (secondary N) is 1. The highest BCUT2D eigenvalue weighted by Crippen LogP contribution is 2.33. The minimum atomic E-state index is -4.56. The lowest BCUT2D eigenvalue weighted by Gasteiger charge is -2.17. The number of benzene rings is 2. The summed E-state index contributed by atoms with van der Waals surface area (Å²) in [5.41, 5.74) is -0.237. The number of anilines is 1. The number of carbonyl (C=O) groups excluding carboxylic acids is 2. The maximum absolute atomic E-state index is 12.7. The van der Waals surface area contributed by atoms with Crippen molar-refractivity contribution in [3.8, 4) is 0 Å². The minimum Gasteiger partial charge on any atom is -0.341 e. The maximum Gasteiger partial charge on any atom is 0.416 e. The van der Waals surface area contributed by atoms with Crippen LogP contribution in [0.5, 0.6) is 0 Å². The highest BCUT2D eigenvalue weighted by molar-refractivity contribution is 6.33. The molecule has 0 aliphatic rings. The van der Waals surface area contributed by atoms with Crippen molar-refractivity contribution in [3.05, 3.63) is 64.7 Å². The molecule has 0 saturated carbocycles. The predicted octanol–water partition coefficient (Wildman–Crippen LogP) is 4.35.